The molecular formula is C26H25FN4O6. The summed E-state index contributed by atoms with van der Waals surface area (Å²) in [6.45, 7) is 5.15. The van der Waals surface area contributed by atoms with Gasteiger partial charge in [0.15, 0.2) is 5.76 Å². The second-order valence-electron chi connectivity index (χ2n) is 10.4. The lowest BCUT2D eigenvalue weighted by atomic mass is 9.80. The van der Waals surface area contributed by atoms with Crippen molar-refractivity contribution in [2.75, 3.05) is 29.4 Å². The van der Waals surface area contributed by atoms with Crippen molar-refractivity contribution in [3.05, 3.63) is 55.8 Å². The topological polar surface area (TPSA) is 133 Å². The molecule has 2 aliphatic heterocycles. The highest BCUT2D eigenvalue weighted by molar-refractivity contribution is 5.96. The molecule has 3 aliphatic rings. The lowest BCUT2D eigenvalue weighted by molar-refractivity contribution is 0.0694. The van der Waals surface area contributed by atoms with Gasteiger partial charge >= 0.3 is 11.8 Å². The van der Waals surface area contributed by atoms with E-state index in [1.807, 2.05) is 16.7 Å². The molecule has 2 atom stereocenters. The average Bonchev–Trinajstić information content (AvgIpc) is 3.55. The van der Waals surface area contributed by atoms with Crippen LogP contribution in [0.1, 0.15) is 60.3 Å². The average molecular weight is 509 g/mol. The summed E-state index contributed by atoms with van der Waals surface area (Å²) in [7, 11) is 0. The maximum atomic E-state index is 15.8. The highest BCUT2D eigenvalue weighted by Gasteiger charge is 2.51. The molecule has 37 heavy (non-hydrogen) atoms. The second kappa shape index (κ2) is 7.96. The number of rotatable bonds is 4. The molecule has 192 valence electrons. The number of carboxylic acid groups (broad SMARTS) is 1. The second-order valence-corrected chi connectivity index (χ2v) is 10.4. The highest BCUT2D eigenvalue weighted by atomic mass is 19.1. The van der Waals surface area contributed by atoms with Crippen LogP contribution in [0.4, 0.5) is 16.0 Å². The molecule has 3 fully saturated rings. The molecule has 11 heteroatoms. The van der Waals surface area contributed by atoms with E-state index in [0.717, 1.165) is 31.7 Å². The summed E-state index contributed by atoms with van der Waals surface area (Å²) in [4.78, 5) is 40.3. The molecule has 0 radical (unpaired) electrons. The van der Waals surface area contributed by atoms with Crippen molar-refractivity contribution >= 4 is 28.4 Å². The van der Waals surface area contributed by atoms with Crippen LogP contribution >= 0.6 is 0 Å². The van der Waals surface area contributed by atoms with Crippen LogP contribution in [-0.4, -0.2) is 40.8 Å². The first-order chi connectivity index (χ1) is 17.6. The molecule has 2 aromatic heterocycles. The fourth-order valence-corrected chi connectivity index (χ4v) is 6.28. The number of aryl methyl sites for hydroxylation is 1. The molecule has 6 rings (SSSR count). The number of nitrogens with zero attached hydrogens (tertiary/aromatic N) is 4. The Hall–Kier alpha value is -4.07. The first kappa shape index (κ1) is 23.3. The zero-order chi connectivity index (χ0) is 26.2. The Balaban J connectivity index is 1.51. The smallest absolute Gasteiger partial charge is 0.477 e. The zero-order valence-corrected chi connectivity index (χ0v) is 20.4. The van der Waals surface area contributed by atoms with Crippen LogP contribution in [0, 0.1) is 30.0 Å². The number of halogens is 1. The van der Waals surface area contributed by atoms with Crippen LogP contribution < -0.4 is 21.1 Å². The van der Waals surface area contributed by atoms with Gasteiger partial charge in [0.1, 0.15) is 23.0 Å². The van der Waals surface area contributed by atoms with Crippen molar-refractivity contribution in [1.29, 1.82) is 5.26 Å². The Morgan fingerprint density at radius 1 is 1.27 bits per heavy atom. The third-order valence-electron chi connectivity index (χ3n) is 8.19. The van der Waals surface area contributed by atoms with Crippen molar-refractivity contribution in [1.82, 2.24) is 4.57 Å². The number of carbonyl (C=O) groups is 1. The molecule has 10 nitrogen and oxygen atoms in total. The number of carboxylic acids is 1. The van der Waals surface area contributed by atoms with Gasteiger partial charge in [-0.05, 0) is 45.6 Å². The van der Waals surface area contributed by atoms with E-state index in [0.29, 0.717) is 31.3 Å². The summed E-state index contributed by atoms with van der Waals surface area (Å²) in [5.74, 6) is -2.08. The Kier molecular flexibility index (Phi) is 5.02. The summed E-state index contributed by atoms with van der Waals surface area (Å²) in [5, 5.41) is 19.7. The minimum absolute atomic E-state index is 0.0239. The third-order valence-corrected chi connectivity index (χ3v) is 8.19. The van der Waals surface area contributed by atoms with E-state index in [-0.39, 0.29) is 34.1 Å². The van der Waals surface area contributed by atoms with Gasteiger partial charge in [-0.1, -0.05) is 0 Å². The molecule has 1 aromatic carbocycles. The minimum atomic E-state index is -1.39. The Morgan fingerprint density at radius 3 is 2.65 bits per heavy atom. The Labute approximate surface area is 210 Å². The maximum Gasteiger partial charge on any atom is 0.520 e. The quantitative estimate of drug-likeness (QED) is 0.563. The van der Waals surface area contributed by atoms with Crippen LogP contribution in [0.5, 0.6) is 0 Å². The maximum absolute atomic E-state index is 15.8. The normalized spacial score (nSPS) is 23.4. The lowest BCUT2D eigenvalue weighted by Gasteiger charge is -2.45. The van der Waals surface area contributed by atoms with Gasteiger partial charge in [0.25, 0.3) is 0 Å². The molecule has 2 saturated heterocycles. The number of pyridine rings is 1. The van der Waals surface area contributed by atoms with Gasteiger partial charge in [-0.25, -0.2) is 14.0 Å². The van der Waals surface area contributed by atoms with Gasteiger partial charge in [0.05, 0.1) is 22.1 Å². The number of benzene rings is 1. The van der Waals surface area contributed by atoms with Crippen LogP contribution in [0.25, 0.3) is 10.9 Å². The van der Waals surface area contributed by atoms with E-state index in [2.05, 4.69) is 6.07 Å². The van der Waals surface area contributed by atoms with Gasteiger partial charge in [0.2, 0.25) is 11.3 Å². The van der Waals surface area contributed by atoms with Crippen molar-refractivity contribution in [2.24, 2.45) is 5.92 Å². The highest BCUT2D eigenvalue weighted by Crippen LogP contribution is 2.46. The molecule has 0 amide bonds. The van der Waals surface area contributed by atoms with Crippen LogP contribution in [0.15, 0.2) is 30.7 Å². The fraction of sp³-hybridized carbons (Fsp3) is 0.462. The Morgan fingerprint density at radius 2 is 2.03 bits per heavy atom. The van der Waals surface area contributed by atoms with Gasteiger partial charge < -0.3 is 28.3 Å². The molecule has 1 N–H and O–H groups in total. The van der Waals surface area contributed by atoms with Crippen LogP contribution in [0.3, 0.4) is 0 Å². The molecule has 0 spiro atoms. The zero-order valence-electron chi connectivity index (χ0n) is 20.4. The Bertz CT molecular complexity index is 1630. The van der Waals surface area contributed by atoms with Crippen molar-refractivity contribution in [3.63, 3.8) is 0 Å². The number of aromatic carboxylic acids is 1. The van der Waals surface area contributed by atoms with E-state index in [9.17, 15) is 24.8 Å². The number of hydrogen-bond donors (Lipinski definition) is 1. The minimum Gasteiger partial charge on any atom is -0.477 e. The molecule has 0 unspecified atom stereocenters. The monoisotopic (exact) mass is 508 g/mol. The molecular weight excluding hydrogens is 483 g/mol. The molecule has 1 aliphatic carbocycles. The molecule has 0 bridgehead atoms. The van der Waals surface area contributed by atoms with Crippen LogP contribution in [0.2, 0.25) is 0 Å². The van der Waals surface area contributed by atoms with Crippen molar-refractivity contribution in [3.8, 4) is 6.07 Å². The molecule has 3 aromatic rings. The number of anilines is 2. The number of piperidine rings is 1. The van der Waals surface area contributed by atoms with Crippen LogP contribution in [-0.2, 0) is 0 Å². The SMILES string of the molecule is Cc1oc(=O)oc1N1CCC[C@H]2CN(c3c(F)cc4c(=O)c(C(=O)O)cn(C5CC5)c4c3C#N)C[C@]21C. The van der Waals surface area contributed by atoms with E-state index >= 15 is 4.39 Å². The summed E-state index contributed by atoms with van der Waals surface area (Å²) < 4.78 is 27.9. The van der Waals surface area contributed by atoms with E-state index in [1.165, 1.54) is 6.20 Å². The largest absolute Gasteiger partial charge is 0.520 e. The molecule has 4 heterocycles. The predicted octanol–water partition coefficient (Wildman–Crippen LogP) is 3.40. The summed E-state index contributed by atoms with van der Waals surface area (Å²) in [6, 6.07) is 3.15. The van der Waals surface area contributed by atoms with Gasteiger partial charge in [-0.2, -0.15) is 5.26 Å². The summed E-state index contributed by atoms with van der Waals surface area (Å²) in [5.41, 5.74) is -1.38. The first-order valence-electron chi connectivity index (χ1n) is 12.3. The summed E-state index contributed by atoms with van der Waals surface area (Å²) >= 11 is 0. The van der Waals surface area contributed by atoms with Gasteiger partial charge in [0, 0.05) is 37.8 Å². The van der Waals surface area contributed by atoms with Crippen molar-refractivity contribution in [2.45, 2.75) is 51.1 Å². The lowest BCUT2D eigenvalue weighted by Crippen LogP contribution is -2.56. The summed E-state index contributed by atoms with van der Waals surface area (Å²) in [6.07, 6.45) is 4.55. The van der Waals surface area contributed by atoms with E-state index in [1.54, 1.807) is 11.5 Å². The molecule has 1 saturated carbocycles. The predicted molar refractivity (Wildman–Crippen MR) is 131 cm³/mol. The van der Waals surface area contributed by atoms with Crippen molar-refractivity contribution < 1.29 is 23.1 Å². The standard InChI is InChI=1S/C26H25FN4O6/c1-13-23(37-25(35)36-13)31-7-3-4-14-10-29(12-26(14,31)2)21-17(9-28)20-16(8-19(21)27)22(32)18(24(33)34)11-30(20)15-5-6-15/h8,11,14-15H,3-7,10,12H2,1-2H3,(H,33,34)/t14-,26+/m0/s1. The van der Waals surface area contributed by atoms with Gasteiger partial charge in [-0.15, -0.1) is 0 Å². The number of hydrogen-bond acceptors (Lipinski definition) is 8. The van der Waals surface area contributed by atoms with Gasteiger partial charge in [-0.3, -0.25) is 4.79 Å². The van der Waals surface area contributed by atoms with E-state index < -0.39 is 34.1 Å². The third kappa shape index (κ3) is 3.38. The number of nitriles is 1. The fourth-order valence-electron chi connectivity index (χ4n) is 6.28. The number of aromatic nitrogens is 1. The number of fused-ring (bicyclic) bond motifs is 2. The first-order valence-corrected chi connectivity index (χ1v) is 12.3. The van der Waals surface area contributed by atoms with E-state index in [4.69, 9.17) is 8.83 Å².